The van der Waals surface area contributed by atoms with Gasteiger partial charge in [0.2, 0.25) is 0 Å². The van der Waals surface area contributed by atoms with Crippen LogP contribution in [-0.4, -0.2) is 75.0 Å². The van der Waals surface area contributed by atoms with Gasteiger partial charge in [-0.15, -0.1) is 0 Å². The van der Waals surface area contributed by atoms with Gasteiger partial charge >= 0.3 is 11.9 Å². The van der Waals surface area contributed by atoms with E-state index in [2.05, 4.69) is 0 Å². The first kappa shape index (κ1) is 15.1. The van der Waals surface area contributed by atoms with Gasteiger partial charge in [0.15, 0.2) is 5.60 Å². The van der Waals surface area contributed by atoms with Crippen LogP contribution in [0.4, 0.5) is 0 Å². The quantitative estimate of drug-likeness (QED) is 0.378. The molecule has 2 rings (SSSR count). The minimum Gasteiger partial charge on any atom is -0.480 e. The van der Waals surface area contributed by atoms with Crippen molar-refractivity contribution in [2.75, 3.05) is 6.61 Å². The van der Waals surface area contributed by atoms with Crippen molar-refractivity contribution in [2.24, 2.45) is 5.73 Å². The molecule has 0 saturated carbocycles. The molecular formula is C11H17NO8. The van der Waals surface area contributed by atoms with Gasteiger partial charge in [0.05, 0.1) is 12.7 Å². The fraction of sp³-hybridized carbons (Fsp3) is 0.818. The Labute approximate surface area is 113 Å². The summed E-state index contributed by atoms with van der Waals surface area (Å²) in [6.07, 6.45) is -4.76. The van der Waals surface area contributed by atoms with Gasteiger partial charge < -0.3 is 35.6 Å². The number of fused-ring (bicyclic) bond motifs is 1. The van der Waals surface area contributed by atoms with Gasteiger partial charge in [-0.3, -0.25) is 4.79 Å². The third-order valence-electron chi connectivity index (χ3n) is 3.73. The van der Waals surface area contributed by atoms with Crippen LogP contribution in [0.2, 0.25) is 0 Å². The molecule has 0 amide bonds. The van der Waals surface area contributed by atoms with Crippen molar-refractivity contribution in [3.8, 4) is 0 Å². The van der Waals surface area contributed by atoms with E-state index in [1.165, 1.54) is 0 Å². The second-order valence-electron chi connectivity index (χ2n) is 5.16. The highest BCUT2D eigenvalue weighted by atomic mass is 16.6. The van der Waals surface area contributed by atoms with Gasteiger partial charge in [0, 0.05) is 12.8 Å². The molecule has 2 aliphatic heterocycles. The maximum absolute atomic E-state index is 11.4. The summed E-state index contributed by atoms with van der Waals surface area (Å²) in [4.78, 5) is 22.2. The first-order valence-electron chi connectivity index (χ1n) is 6.14. The van der Waals surface area contributed by atoms with Crippen molar-refractivity contribution in [1.82, 2.24) is 0 Å². The van der Waals surface area contributed by atoms with Crippen LogP contribution in [0.15, 0.2) is 0 Å². The molecule has 0 aromatic carbocycles. The summed E-state index contributed by atoms with van der Waals surface area (Å²) < 4.78 is 10.6. The molecule has 0 aromatic heterocycles. The number of rotatable bonds is 4. The summed E-state index contributed by atoms with van der Waals surface area (Å²) in [7, 11) is 0. The molecule has 6 atom stereocenters. The van der Waals surface area contributed by atoms with Gasteiger partial charge in [-0.05, 0) is 0 Å². The number of aliphatic hydroxyl groups is 2. The number of carboxylic acid groups (broad SMARTS) is 2. The van der Waals surface area contributed by atoms with E-state index in [0.29, 0.717) is 0 Å². The molecule has 2 fully saturated rings. The normalized spacial score (nSPS) is 42.0. The second kappa shape index (κ2) is 5.26. The number of ether oxygens (including phenoxy) is 2. The Morgan fingerprint density at radius 3 is 2.55 bits per heavy atom. The predicted octanol–water partition coefficient (Wildman–Crippen LogP) is -2.48. The molecule has 2 aliphatic rings. The van der Waals surface area contributed by atoms with E-state index in [0.717, 1.165) is 0 Å². The highest BCUT2D eigenvalue weighted by molar-refractivity contribution is 5.80. The van der Waals surface area contributed by atoms with Gasteiger partial charge in [-0.1, -0.05) is 0 Å². The summed E-state index contributed by atoms with van der Waals surface area (Å²) in [6.45, 7) is -0.133. The Bertz CT molecular complexity index is 415. The number of aliphatic hydroxyl groups excluding tert-OH is 2. The summed E-state index contributed by atoms with van der Waals surface area (Å²) in [5.41, 5.74) is 3.54. The van der Waals surface area contributed by atoms with Gasteiger partial charge in [0.1, 0.15) is 24.4 Å². The van der Waals surface area contributed by atoms with E-state index < -0.39 is 54.4 Å². The lowest BCUT2D eigenvalue weighted by Crippen LogP contribution is -2.51. The molecule has 6 unspecified atom stereocenters. The molecule has 0 spiro atoms. The lowest BCUT2D eigenvalue weighted by molar-refractivity contribution is -0.197. The third-order valence-corrected chi connectivity index (χ3v) is 3.73. The molecule has 0 bridgehead atoms. The van der Waals surface area contributed by atoms with Crippen molar-refractivity contribution in [3.63, 3.8) is 0 Å². The van der Waals surface area contributed by atoms with E-state index in [9.17, 15) is 24.9 Å². The largest absolute Gasteiger partial charge is 0.480 e. The summed E-state index contributed by atoms with van der Waals surface area (Å²) in [5, 5.41) is 37.4. The fourth-order valence-corrected chi connectivity index (χ4v) is 2.61. The summed E-state index contributed by atoms with van der Waals surface area (Å²) in [6, 6.07) is -1.41. The van der Waals surface area contributed by atoms with Crippen LogP contribution in [0, 0.1) is 0 Å². The van der Waals surface area contributed by atoms with Crippen molar-refractivity contribution < 1.29 is 39.5 Å². The average Bonchev–Trinajstić information content (AvgIpc) is 2.74. The number of hydrogen-bond donors (Lipinski definition) is 5. The molecule has 2 saturated heterocycles. The Morgan fingerprint density at radius 1 is 1.35 bits per heavy atom. The maximum atomic E-state index is 11.4. The van der Waals surface area contributed by atoms with E-state index in [4.69, 9.17) is 20.3 Å². The van der Waals surface area contributed by atoms with Crippen LogP contribution in [0.5, 0.6) is 0 Å². The smallest absolute Gasteiger partial charge is 0.336 e. The molecule has 20 heavy (non-hydrogen) atoms. The SMILES string of the molecule is NC(CC1(C(=O)O)CC2OCC(O)C(O)C2O1)C(=O)O. The van der Waals surface area contributed by atoms with Crippen LogP contribution in [0.3, 0.4) is 0 Å². The molecule has 0 aromatic rings. The zero-order chi connectivity index (χ0) is 15.1. The van der Waals surface area contributed by atoms with E-state index in [-0.39, 0.29) is 13.0 Å². The van der Waals surface area contributed by atoms with Crippen molar-refractivity contribution >= 4 is 11.9 Å². The van der Waals surface area contributed by atoms with Crippen LogP contribution in [0.25, 0.3) is 0 Å². The Hall–Kier alpha value is -1.26. The number of aliphatic carboxylic acids is 2. The van der Waals surface area contributed by atoms with Gasteiger partial charge in [-0.25, -0.2) is 4.79 Å². The Kier molecular flexibility index (Phi) is 3.98. The zero-order valence-corrected chi connectivity index (χ0v) is 10.5. The van der Waals surface area contributed by atoms with Gasteiger partial charge in [0.25, 0.3) is 0 Å². The molecule has 6 N–H and O–H groups in total. The summed E-state index contributed by atoms with van der Waals surface area (Å²) >= 11 is 0. The lowest BCUT2D eigenvalue weighted by atomic mass is 9.89. The maximum Gasteiger partial charge on any atom is 0.336 e. The number of nitrogens with two attached hydrogens (primary N) is 1. The highest BCUT2D eigenvalue weighted by Gasteiger charge is 2.57. The Morgan fingerprint density at radius 2 is 2.00 bits per heavy atom. The minimum atomic E-state index is -1.84. The number of carbonyl (C=O) groups is 2. The zero-order valence-electron chi connectivity index (χ0n) is 10.5. The second-order valence-corrected chi connectivity index (χ2v) is 5.16. The van der Waals surface area contributed by atoms with E-state index in [1.54, 1.807) is 0 Å². The molecule has 114 valence electrons. The van der Waals surface area contributed by atoms with Gasteiger partial charge in [-0.2, -0.15) is 0 Å². The molecule has 2 heterocycles. The molecular weight excluding hydrogens is 274 g/mol. The minimum absolute atomic E-state index is 0.127. The summed E-state index contributed by atoms with van der Waals surface area (Å²) in [5.74, 6) is -2.71. The van der Waals surface area contributed by atoms with Crippen LogP contribution >= 0.6 is 0 Å². The van der Waals surface area contributed by atoms with Crippen LogP contribution < -0.4 is 5.73 Å². The number of hydrogen-bond acceptors (Lipinski definition) is 7. The van der Waals surface area contributed by atoms with Crippen molar-refractivity contribution in [2.45, 2.75) is 48.9 Å². The van der Waals surface area contributed by atoms with Crippen molar-refractivity contribution in [1.29, 1.82) is 0 Å². The monoisotopic (exact) mass is 291 g/mol. The van der Waals surface area contributed by atoms with Crippen LogP contribution in [0.1, 0.15) is 12.8 Å². The molecule has 9 nitrogen and oxygen atoms in total. The average molecular weight is 291 g/mol. The van der Waals surface area contributed by atoms with E-state index in [1.807, 2.05) is 0 Å². The number of carboxylic acids is 2. The third kappa shape index (κ3) is 2.50. The molecule has 9 heteroatoms. The van der Waals surface area contributed by atoms with Crippen LogP contribution in [-0.2, 0) is 19.1 Å². The fourth-order valence-electron chi connectivity index (χ4n) is 2.61. The Balaban J connectivity index is 2.20. The lowest BCUT2D eigenvalue weighted by Gasteiger charge is -2.33. The van der Waals surface area contributed by atoms with Crippen molar-refractivity contribution in [3.05, 3.63) is 0 Å². The predicted molar refractivity (Wildman–Crippen MR) is 61.8 cm³/mol. The first-order valence-corrected chi connectivity index (χ1v) is 6.14. The standard InChI is InChI=1S/C11H17NO8/c12-4(9(15)16)1-11(10(17)18)2-6-8(20-11)7(14)5(13)3-19-6/h4-8,13-14H,1-3,12H2,(H,15,16)(H,17,18). The first-order chi connectivity index (χ1) is 9.27. The van der Waals surface area contributed by atoms with E-state index >= 15 is 0 Å². The highest BCUT2D eigenvalue weighted by Crippen LogP contribution is 2.40. The topological polar surface area (TPSA) is 160 Å². The molecule has 0 radical (unpaired) electrons. The molecule has 0 aliphatic carbocycles.